The molecule has 0 radical (unpaired) electrons. The molecule has 0 spiro atoms. The molecule has 0 aromatic carbocycles. The van der Waals surface area contributed by atoms with E-state index in [1.807, 2.05) is 0 Å². The number of hydrogen-bond donors (Lipinski definition) is 1. The molecule has 0 saturated carbocycles. The van der Waals surface area contributed by atoms with Gasteiger partial charge in [-0.2, -0.15) is 0 Å². The van der Waals surface area contributed by atoms with Gasteiger partial charge in [0.2, 0.25) is 0 Å². The van der Waals surface area contributed by atoms with Crippen LogP contribution in [0, 0.1) is 18.3 Å². The summed E-state index contributed by atoms with van der Waals surface area (Å²) < 4.78 is 0. The lowest BCUT2D eigenvalue weighted by molar-refractivity contribution is 0.278. The molecule has 2 heterocycles. The number of nitrogens with one attached hydrogen (secondary N) is 1. The zero-order valence-electron chi connectivity index (χ0n) is 16.3. The Kier molecular flexibility index (Phi) is 5.32. The first kappa shape index (κ1) is 18.5. The van der Waals surface area contributed by atoms with Gasteiger partial charge in [-0.05, 0) is 45.3 Å². The van der Waals surface area contributed by atoms with E-state index in [4.69, 9.17) is 6.42 Å². The van der Waals surface area contributed by atoms with Gasteiger partial charge < -0.3 is 15.1 Å². The fourth-order valence-corrected chi connectivity index (χ4v) is 4.29. The monoisotopic (exact) mass is 349 g/mol. The molecule has 138 valence electrons. The Balaban J connectivity index is 1.80. The van der Waals surface area contributed by atoms with Gasteiger partial charge >= 0.3 is 0 Å². The largest absolute Gasteiger partial charge is 0.386 e. The van der Waals surface area contributed by atoms with Crippen LogP contribution in [-0.4, -0.2) is 41.0 Å². The highest BCUT2D eigenvalue weighted by Gasteiger charge is 2.38. The summed E-state index contributed by atoms with van der Waals surface area (Å²) in [7, 11) is 0. The molecule has 1 fully saturated rings. The van der Waals surface area contributed by atoms with Gasteiger partial charge in [-0.25, -0.2) is 0 Å². The minimum absolute atomic E-state index is 0.199. The highest BCUT2D eigenvalue weighted by Crippen LogP contribution is 2.40. The van der Waals surface area contributed by atoms with E-state index < -0.39 is 0 Å². The van der Waals surface area contributed by atoms with Crippen molar-refractivity contribution >= 4 is 0 Å². The zero-order chi connectivity index (χ0) is 18.8. The van der Waals surface area contributed by atoms with Crippen molar-refractivity contribution < 1.29 is 0 Å². The Morgan fingerprint density at radius 1 is 1.42 bits per heavy atom. The maximum absolute atomic E-state index is 5.71. The molecule has 3 atom stereocenters. The predicted molar refractivity (Wildman–Crippen MR) is 110 cm³/mol. The Hall–Kier alpha value is -2.34. The molecule has 26 heavy (non-hydrogen) atoms. The summed E-state index contributed by atoms with van der Waals surface area (Å²) in [5, 5.41) is 3.63. The van der Waals surface area contributed by atoms with E-state index in [9.17, 15) is 0 Å². The highest BCUT2D eigenvalue weighted by molar-refractivity contribution is 5.45. The van der Waals surface area contributed by atoms with E-state index in [-0.39, 0.29) is 6.04 Å². The van der Waals surface area contributed by atoms with Gasteiger partial charge in [-0.3, -0.25) is 0 Å². The molecular formula is C23H31N3. The Morgan fingerprint density at radius 2 is 2.19 bits per heavy atom. The van der Waals surface area contributed by atoms with E-state index in [0.29, 0.717) is 18.0 Å². The first-order valence-electron chi connectivity index (χ1n) is 9.61. The molecule has 1 aliphatic carbocycles. The molecular weight excluding hydrogens is 318 g/mol. The Labute approximate surface area is 158 Å². The number of terminal acetylenes is 1. The molecule has 3 nitrogen and oxygen atoms in total. The van der Waals surface area contributed by atoms with Crippen LogP contribution in [0.2, 0.25) is 0 Å². The van der Waals surface area contributed by atoms with Crippen LogP contribution in [-0.2, 0) is 0 Å². The van der Waals surface area contributed by atoms with E-state index >= 15 is 0 Å². The van der Waals surface area contributed by atoms with Gasteiger partial charge in [-0.1, -0.05) is 36.8 Å². The van der Waals surface area contributed by atoms with E-state index in [2.05, 4.69) is 79.4 Å². The fraction of sp³-hybridized carbons (Fsp3) is 0.478. The zero-order valence-corrected chi connectivity index (χ0v) is 16.3. The molecule has 2 unspecified atom stereocenters. The molecule has 1 saturated heterocycles. The van der Waals surface area contributed by atoms with Crippen LogP contribution in [0.4, 0.5) is 0 Å². The number of rotatable bonds is 6. The summed E-state index contributed by atoms with van der Waals surface area (Å²) in [5.74, 6) is 3.23. The van der Waals surface area contributed by atoms with Crippen molar-refractivity contribution in [2.24, 2.45) is 5.92 Å². The number of likely N-dealkylation sites (tertiary alicyclic amines) is 1. The van der Waals surface area contributed by atoms with Gasteiger partial charge in [0.25, 0.3) is 0 Å². The Bertz CT molecular complexity index is 716. The predicted octanol–water partition coefficient (Wildman–Crippen LogP) is 3.81. The van der Waals surface area contributed by atoms with Gasteiger partial charge in [0.15, 0.2) is 0 Å². The van der Waals surface area contributed by atoms with Crippen LogP contribution in [0.25, 0.3) is 0 Å². The van der Waals surface area contributed by atoms with Crippen LogP contribution in [0.3, 0.4) is 0 Å². The average molecular weight is 350 g/mol. The number of fused-ring (bicyclic) bond motifs is 1. The van der Waals surface area contributed by atoms with Crippen molar-refractivity contribution in [3.8, 4) is 12.3 Å². The van der Waals surface area contributed by atoms with E-state index in [0.717, 1.165) is 37.2 Å². The third-order valence-electron chi connectivity index (χ3n) is 5.45. The molecule has 3 aliphatic rings. The van der Waals surface area contributed by atoms with Crippen molar-refractivity contribution in [1.29, 1.82) is 0 Å². The Morgan fingerprint density at radius 3 is 2.85 bits per heavy atom. The third-order valence-corrected chi connectivity index (χ3v) is 5.45. The van der Waals surface area contributed by atoms with Crippen molar-refractivity contribution in [3.05, 3.63) is 60.1 Å². The van der Waals surface area contributed by atoms with Gasteiger partial charge in [0.05, 0.1) is 18.6 Å². The topological polar surface area (TPSA) is 18.5 Å². The number of nitrogens with zero attached hydrogens (tertiary/aromatic N) is 2. The molecule has 2 aliphatic heterocycles. The first-order chi connectivity index (χ1) is 12.4. The van der Waals surface area contributed by atoms with E-state index in [1.165, 1.54) is 11.3 Å². The van der Waals surface area contributed by atoms with Crippen LogP contribution >= 0.6 is 0 Å². The van der Waals surface area contributed by atoms with Crippen molar-refractivity contribution in [2.75, 3.05) is 13.1 Å². The lowest BCUT2D eigenvalue weighted by Crippen LogP contribution is -2.40. The highest BCUT2D eigenvalue weighted by atomic mass is 15.2. The van der Waals surface area contributed by atoms with Gasteiger partial charge in [0.1, 0.15) is 0 Å². The second kappa shape index (κ2) is 7.50. The van der Waals surface area contributed by atoms with Crippen LogP contribution < -0.4 is 5.32 Å². The van der Waals surface area contributed by atoms with Crippen molar-refractivity contribution in [2.45, 2.75) is 51.7 Å². The quantitative estimate of drug-likeness (QED) is 0.736. The summed E-state index contributed by atoms with van der Waals surface area (Å²) in [6, 6.07) is 0.909. The maximum atomic E-state index is 5.71. The van der Waals surface area contributed by atoms with E-state index in [1.54, 1.807) is 0 Å². The summed E-state index contributed by atoms with van der Waals surface area (Å²) in [6.07, 6.45) is 16.9. The summed E-state index contributed by atoms with van der Waals surface area (Å²) in [4.78, 5) is 4.70. The number of allylic oxidation sites excluding steroid dienone is 3. The molecule has 0 aromatic rings. The van der Waals surface area contributed by atoms with Crippen LogP contribution in [0.15, 0.2) is 60.1 Å². The SMILES string of the molecule is C#CC1CCCN1C(=C)CN1C=C(C(=C)C)C2C(NC(C)C)=CC=C[C@H]21. The molecule has 1 N–H and O–H groups in total. The second-order valence-electron chi connectivity index (χ2n) is 7.90. The third kappa shape index (κ3) is 3.46. The van der Waals surface area contributed by atoms with Crippen LogP contribution in [0.1, 0.15) is 33.6 Å². The lowest BCUT2D eigenvalue weighted by atomic mass is 9.85. The molecule has 0 aromatic heterocycles. The normalized spacial score (nSPS) is 27.1. The van der Waals surface area contributed by atoms with Crippen molar-refractivity contribution in [1.82, 2.24) is 15.1 Å². The molecule has 3 heteroatoms. The summed E-state index contributed by atoms with van der Waals surface area (Å²) >= 11 is 0. The first-order valence-corrected chi connectivity index (χ1v) is 9.61. The standard InChI is InChI=1S/C23H31N3/c1-7-19-10-9-13-26(19)18(6)14-25-15-20(16(2)3)23-21(24-17(4)5)11-8-12-22(23)25/h1,8,11-12,15,17,19,22-24H,2,6,9-10,13-14H2,3-5H3/t19?,22-,23?/m1/s1. The number of hydrogen-bond acceptors (Lipinski definition) is 3. The lowest BCUT2D eigenvalue weighted by Gasteiger charge is -2.35. The van der Waals surface area contributed by atoms with Gasteiger partial charge in [0, 0.05) is 36.1 Å². The summed E-state index contributed by atoms with van der Waals surface area (Å²) in [5.41, 5.74) is 4.83. The minimum atomic E-state index is 0.199. The van der Waals surface area contributed by atoms with Gasteiger partial charge in [-0.15, -0.1) is 6.42 Å². The molecule has 3 rings (SSSR count). The van der Waals surface area contributed by atoms with Crippen LogP contribution in [0.5, 0.6) is 0 Å². The summed E-state index contributed by atoms with van der Waals surface area (Å²) in [6.45, 7) is 16.9. The average Bonchev–Trinajstić information content (AvgIpc) is 3.19. The maximum Gasteiger partial charge on any atom is 0.0899 e. The second-order valence-corrected chi connectivity index (χ2v) is 7.90. The van der Waals surface area contributed by atoms with Crippen molar-refractivity contribution in [3.63, 3.8) is 0 Å². The minimum Gasteiger partial charge on any atom is -0.386 e. The fourth-order valence-electron chi connectivity index (χ4n) is 4.29. The molecule has 0 bridgehead atoms. The molecule has 0 amide bonds. The smallest absolute Gasteiger partial charge is 0.0899 e.